The Hall–Kier alpha value is -0.800. The topological polar surface area (TPSA) is 17.1 Å². The van der Waals surface area contributed by atoms with Gasteiger partial charge < -0.3 is 0 Å². The molecule has 0 N–H and O–H groups in total. The lowest BCUT2D eigenvalue weighted by Gasteiger charge is -2.06. The van der Waals surface area contributed by atoms with E-state index >= 15 is 0 Å². The summed E-state index contributed by atoms with van der Waals surface area (Å²) in [6, 6.07) is 0. The molecule has 0 amide bonds. The Balaban J connectivity index is 3.99. The Morgan fingerprint density at radius 1 is 1.50 bits per heavy atom. The predicted molar refractivity (Wildman–Crippen MR) is 30.5 cm³/mol. The van der Waals surface area contributed by atoms with Gasteiger partial charge in [0.2, 0.25) is 0 Å². The molecular formula is C6H7F3O. The molecule has 0 atom stereocenters. The van der Waals surface area contributed by atoms with E-state index in [-0.39, 0.29) is 0 Å². The highest BCUT2D eigenvalue weighted by Gasteiger charge is 2.31. The van der Waals surface area contributed by atoms with E-state index in [2.05, 4.69) is 6.58 Å². The van der Waals surface area contributed by atoms with Crippen molar-refractivity contribution in [2.75, 3.05) is 0 Å². The van der Waals surface area contributed by atoms with Crippen LogP contribution >= 0.6 is 0 Å². The van der Waals surface area contributed by atoms with E-state index in [0.717, 1.165) is 6.92 Å². The molecular weight excluding hydrogens is 145 g/mol. The SMILES string of the molecule is C=C(CC(C)=O)C(F)(F)F. The number of hydrogen-bond donors (Lipinski definition) is 0. The van der Waals surface area contributed by atoms with Crippen LogP contribution in [0.3, 0.4) is 0 Å². The summed E-state index contributed by atoms with van der Waals surface area (Å²) in [6.07, 6.45) is -5.03. The Bertz CT molecular complexity index is 157. The van der Waals surface area contributed by atoms with E-state index in [9.17, 15) is 18.0 Å². The maximum atomic E-state index is 11.6. The van der Waals surface area contributed by atoms with E-state index in [1.165, 1.54) is 0 Å². The zero-order valence-electron chi connectivity index (χ0n) is 5.46. The molecule has 0 aliphatic carbocycles. The summed E-state index contributed by atoms with van der Waals surface area (Å²) in [4.78, 5) is 10.1. The van der Waals surface area contributed by atoms with Gasteiger partial charge in [-0.1, -0.05) is 6.58 Å². The fourth-order valence-corrected chi connectivity index (χ4v) is 0.401. The molecule has 0 heterocycles. The molecule has 0 saturated heterocycles. The number of allylic oxidation sites excluding steroid dienone is 1. The largest absolute Gasteiger partial charge is 0.412 e. The number of hydrogen-bond acceptors (Lipinski definition) is 1. The van der Waals surface area contributed by atoms with Gasteiger partial charge in [0, 0.05) is 12.0 Å². The number of ketones is 1. The molecule has 0 aromatic rings. The van der Waals surface area contributed by atoms with Crippen molar-refractivity contribution >= 4 is 5.78 Å². The molecule has 10 heavy (non-hydrogen) atoms. The Morgan fingerprint density at radius 3 is 2.00 bits per heavy atom. The maximum absolute atomic E-state index is 11.6. The fraction of sp³-hybridized carbons (Fsp3) is 0.500. The van der Waals surface area contributed by atoms with Crippen LogP contribution in [0, 0.1) is 0 Å². The number of alkyl halides is 3. The maximum Gasteiger partial charge on any atom is 0.412 e. The van der Waals surface area contributed by atoms with Crippen LogP contribution in [0.4, 0.5) is 13.2 Å². The molecule has 0 fully saturated rings. The Labute approximate surface area is 56.5 Å². The van der Waals surface area contributed by atoms with Gasteiger partial charge >= 0.3 is 6.18 Å². The molecule has 0 spiro atoms. The first-order valence-electron chi connectivity index (χ1n) is 2.58. The van der Waals surface area contributed by atoms with Gasteiger partial charge in [-0.25, -0.2) is 0 Å². The Morgan fingerprint density at radius 2 is 1.90 bits per heavy atom. The van der Waals surface area contributed by atoms with Gasteiger partial charge in [-0.3, -0.25) is 4.79 Å². The number of carbonyl (C=O) groups is 1. The number of halogens is 3. The molecule has 0 aromatic heterocycles. The fourth-order valence-electron chi connectivity index (χ4n) is 0.401. The van der Waals surface area contributed by atoms with Crippen LogP contribution in [-0.2, 0) is 4.79 Å². The summed E-state index contributed by atoms with van der Waals surface area (Å²) in [5.41, 5.74) is -0.986. The molecule has 58 valence electrons. The van der Waals surface area contributed by atoms with Gasteiger partial charge in [-0.15, -0.1) is 0 Å². The van der Waals surface area contributed by atoms with E-state index in [1.54, 1.807) is 0 Å². The lowest BCUT2D eigenvalue weighted by Crippen LogP contribution is -2.12. The summed E-state index contributed by atoms with van der Waals surface area (Å²) in [7, 11) is 0. The molecule has 0 bridgehead atoms. The van der Waals surface area contributed by atoms with Gasteiger partial charge in [0.05, 0.1) is 0 Å². The molecule has 0 radical (unpaired) electrons. The lowest BCUT2D eigenvalue weighted by atomic mass is 10.1. The van der Waals surface area contributed by atoms with Crippen LogP contribution in [0.25, 0.3) is 0 Å². The third-order valence-corrected chi connectivity index (χ3v) is 0.863. The first kappa shape index (κ1) is 9.20. The molecule has 0 unspecified atom stereocenters. The van der Waals surface area contributed by atoms with Gasteiger partial charge in [0.25, 0.3) is 0 Å². The highest BCUT2D eigenvalue weighted by atomic mass is 19.4. The second kappa shape index (κ2) is 2.86. The first-order chi connectivity index (χ1) is 4.34. The van der Waals surface area contributed by atoms with Gasteiger partial charge in [0.15, 0.2) is 0 Å². The van der Waals surface area contributed by atoms with Gasteiger partial charge in [-0.05, 0) is 6.92 Å². The van der Waals surface area contributed by atoms with Gasteiger partial charge in [-0.2, -0.15) is 13.2 Å². The average molecular weight is 152 g/mol. The molecule has 0 aliphatic rings. The second-order valence-electron chi connectivity index (χ2n) is 1.98. The van der Waals surface area contributed by atoms with Crippen molar-refractivity contribution in [1.82, 2.24) is 0 Å². The smallest absolute Gasteiger partial charge is 0.300 e. The first-order valence-corrected chi connectivity index (χ1v) is 2.58. The molecule has 0 aliphatic heterocycles. The average Bonchev–Trinajstić information content (AvgIpc) is 1.60. The van der Waals surface area contributed by atoms with Crippen molar-refractivity contribution in [3.63, 3.8) is 0 Å². The number of Topliss-reactive ketones (excluding diaryl/α,β-unsaturated/α-hetero) is 1. The van der Waals surface area contributed by atoms with Crippen molar-refractivity contribution < 1.29 is 18.0 Å². The van der Waals surface area contributed by atoms with Crippen LogP contribution in [0.5, 0.6) is 0 Å². The van der Waals surface area contributed by atoms with E-state index < -0.39 is 24.0 Å². The second-order valence-corrected chi connectivity index (χ2v) is 1.98. The number of carbonyl (C=O) groups excluding carboxylic acids is 1. The van der Waals surface area contributed by atoms with Crippen LogP contribution < -0.4 is 0 Å². The molecule has 4 heteroatoms. The van der Waals surface area contributed by atoms with Crippen molar-refractivity contribution in [3.8, 4) is 0 Å². The lowest BCUT2D eigenvalue weighted by molar-refractivity contribution is -0.121. The summed E-state index contributed by atoms with van der Waals surface area (Å²) in [5.74, 6) is -0.526. The van der Waals surface area contributed by atoms with E-state index in [1.807, 2.05) is 0 Å². The van der Waals surface area contributed by atoms with E-state index in [0.29, 0.717) is 0 Å². The summed E-state index contributed by atoms with van der Waals surface area (Å²) in [6.45, 7) is 3.81. The summed E-state index contributed by atoms with van der Waals surface area (Å²) >= 11 is 0. The van der Waals surface area contributed by atoms with Crippen molar-refractivity contribution in [2.45, 2.75) is 19.5 Å². The zero-order valence-corrected chi connectivity index (χ0v) is 5.46. The normalized spacial score (nSPS) is 11.2. The van der Waals surface area contributed by atoms with Gasteiger partial charge in [0.1, 0.15) is 5.78 Å². The van der Waals surface area contributed by atoms with Crippen LogP contribution in [0.2, 0.25) is 0 Å². The number of rotatable bonds is 2. The van der Waals surface area contributed by atoms with Crippen molar-refractivity contribution in [1.29, 1.82) is 0 Å². The van der Waals surface area contributed by atoms with Crippen molar-refractivity contribution in [2.24, 2.45) is 0 Å². The van der Waals surface area contributed by atoms with E-state index in [4.69, 9.17) is 0 Å². The monoisotopic (exact) mass is 152 g/mol. The minimum atomic E-state index is -4.42. The summed E-state index contributed by atoms with van der Waals surface area (Å²) < 4.78 is 34.7. The summed E-state index contributed by atoms with van der Waals surface area (Å²) in [5, 5.41) is 0. The highest BCUT2D eigenvalue weighted by molar-refractivity contribution is 5.78. The van der Waals surface area contributed by atoms with Crippen LogP contribution in [0.15, 0.2) is 12.2 Å². The Kier molecular flexibility index (Phi) is 2.63. The van der Waals surface area contributed by atoms with Crippen LogP contribution in [0.1, 0.15) is 13.3 Å². The molecule has 0 aromatic carbocycles. The zero-order chi connectivity index (χ0) is 8.36. The third kappa shape index (κ3) is 3.27. The minimum absolute atomic E-state index is 0.526. The standard InChI is InChI=1S/C6H7F3O/c1-4(3-5(2)10)6(7,8)9/h1,3H2,2H3. The third-order valence-electron chi connectivity index (χ3n) is 0.863. The quantitative estimate of drug-likeness (QED) is 0.553. The van der Waals surface area contributed by atoms with Crippen molar-refractivity contribution in [3.05, 3.63) is 12.2 Å². The highest BCUT2D eigenvalue weighted by Crippen LogP contribution is 2.26. The van der Waals surface area contributed by atoms with Crippen LogP contribution in [-0.4, -0.2) is 12.0 Å². The predicted octanol–water partition coefficient (Wildman–Crippen LogP) is 2.08. The molecule has 1 nitrogen and oxygen atoms in total. The minimum Gasteiger partial charge on any atom is -0.300 e. The molecule has 0 saturated carbocycles. The molecule has 0 rings (SSSR count).